The number of likely N-dealkylation sites (N-methyl/N-ethyl adjacent to an activating group) is 1. The average Bonchev–Trinajstić information content (AvgIpc) is 3.13. The number of hydrogen-bond acceptors (Lipinski definition) is 5. The van der Waals surface area contributed by atoms with Gasteiger partial charge in [0.2, 0.25) is 0 Å². The first-order valence-corrected chi connectivity index (χ1v) is 11.6. The minimum absolute atomic E-state index is 0.117. The molecule has 1 unspecified atom stereocenters. The maximum atomic E-state index is 13.3. The van der Waals surface area contributed by atoms with Gasteiger partial charge in [-0.3, -0.25) is 9.59 Å². The van der Waals surface area contributed by atoms with Crippen molar-refractivity contribution in [3.8, 4) is 5.75 Å². The highest BCUT2D eigenvalue weighted by Crippen LogP contribution is 2.40. The van der Waals surface area contributed by atoms with Crippen LogP contribution in [0.4, 0.5) is 0 Å². The van der Waals surface area contributed by atoms with Crippen molar-refractivity contribution in [1.82, 2.24) is 9.80 Å². The number of likely N-dealkylation sites (tertiary alicyclic amines) is 1. The molecule has 3 aromatic carbocycles. The number of Topliss-reactive ketones (excluding diaryl/α,β-unsaturated/α-hetero) is 1. The van der Waals surface area contributed by atoms with Gasteiger partial charge < -0.3 is 19.6 Å². The standard InChI is InChI=1S/C28H30N2O4/c1-4-29(5-2)17-18-30-25(20-13-15-21(34-3)16-14-20)24(27(32)28(30)33)26(31)23-12-8-10-19-9-6-7-11-22(19)23/h6-16,25,31H,4-5,17-18H2,1-3H3/b26-24-. The lowest BCUT2D eigenvalue weighted by atomic mass is 9.93. The van der Waals surface area contributed by atoms with Crippen molar-refractivity contribution >= 4 is 28.2 Å². The number of fused-ring (bicyclic) bond motifs is 1. The Morgan fingerprint density at radius 1 is 0.971 bits per heavy atom. The van der Waals surface area contributed by atoms with Crippen molar-refractivity contribution in [2.75, 3.05) is 33.3 Å². The highest BCUT2D eigenvalue weighted by Gasteiger charge is 2.46. The summed E-state index contributed by atoms with van der Waals surface area (Å²) >= 11 is 0. The molecule has 1 heterocycles. The number of carbonyl (C=O) groups is 2. The lowest BCUT2D eigenvalue weighted by Crippen LogP contribution is -2.38. The molecule has 0 aliphatic carbocycles. The van der Waals surface area contributed by atoms with Gasteiger partial charge in [-0.05, 0) is 41.6 Å². The summed E-state index contributed by atoms with van der Waals surface area (Å²) in [5.41, 5.74) is 1.41. The second kappa shape index (κ2) is 10.1. The van der Waals surface area contributed by atoms with E-state index in [0.717, 1.165) is 29.4 Å². The molecule has 176 valence electrons. The van der Waals surface area contributed by atoms with Crippen molar-refractivity contribution in [3.63, 3.8) is 0 Å². The number of benzene rings is 3. The zero-order chi connectivity index (χ0) is 24.2. The van der Waals surface area contributed by atoms with E-state index >= 15 is 0 Å². The van der Waals surface area contributed by atoms with E-state index in [9.17, 15) is 14.7 Å². The summed E-state index contributed by atoms with van der Waals surface area (Å²) in [7, 11) is 1.59. The van der Waals surface area contributed by atoms with Crippen molar-refractivity contribution in [3.05, 3.63) is 83.4 Å². The number of rotatable bonds is 8. The third-order valence-electron chi connectivity index (χ3n) is 6.57. The SMILES string of the molecule is CCN(CC)CCN1C(=O)C(=O)/C(=C(\O)c2cccc3ccccc23)C1c1ccc(OC)cc1. The fourth-order valence-electron chi connectivity index (χ4n) is 4.61. The molecule has 6 heteroatoms. The van der Waals surface area contributed by atoms with Crippen LogP contribution in [0.15, 0.2) is 72.3 Å². The van der Waals surface area contributed by atoms with Crippen LogP contribution in [0.1, 0.15) is 31.0 Å². The van der Waals surface area contributed by atoms with Gasteiger partial charge >= 0.3 is 0 Å². The Labute approximate surface area is 200 Å². The molecule has 0 spiro atoms. The minimum Gasteiger partial charge on any atom is -0.507 e. The Balaban J connectivity index is 1.86. The van der Waals surface area contributed by atoms with Gasteiger partial charge in [-0.2, -0.15) is 0 Å². The molecule has 1 amide bonds. The maximum absolute atomic E-state index is 13.3. The summed E-state index contributed by atoms with van der Waals surface area (Å²) in [4.78, 5) is 30.3. The number of hydrogen-bond donors (Lipinski definition) is 1. The van der Waals surface area contributed by atoms with Gasteiger partial charge in [-0.1, -0.05) is 68.4 Å². The van der Waals surface area contributed by atoms with Gasteiger partial charge in [0.1, 0.15) is 11.5 Å². The molecule has 1 N–H and O–H groups in total. The van der Waals surface area contributed by atoms with Crippen LogP contribution < -0.4 is 4.74 Å². The van der Waals surface area contributed by atoms with Gasteiger partial charge in [-0.25, -0.2) is 0 Å². The molecule has 1 fully saturated rings. The molecule has 4 rings (SSSR count). The smallest absolute Gasteiger partial charge is 0.295 e. The second-order valence-electron chi connectivity index (χ2n) is 8.32. The Bertz CT molecular complexity index is 1220. The van der Waals surface area contributed by atoms with Crippen LogP contribution in [0.2, 0.25) is 0 Å². The molecule has 0 bridgehead atoms. The third-order valence-corrected chi connectivity index (χ3v) is 6.57. The second-order valence-corrected chi connectivity index (χ2v) is 8.32. The van der Waals surface area contributed by atoms with Crippen molar-refractivity contribution < 1.29 is 19.4 Å². The van der Waals surface area contributed by atoms with Crippen LogP contribution in [-0.2, 0) is 9.59 Å². The molecule has 6 nitrogen and oxygen atoms in total. The lowest BCUT2D eigenvalue weighted by molar-refractivity contribution is -0.140. The highest BCUT2D eigenvalue weighted by molar-refractivity contribution is 6.46. The van der Waals surface area contributed by atoms with Crippen LogP contribution in [0.5, 0.6) is 5.75 Å². The zero-order valence-corrected chi connectivity index (χ0v) is 19.8. The number of aliphatic hydroxyl groups excluding tert-OH is 1. The van der Waals surface area contributed by atoms with E-state index in [1.54, 1.807) is 30.2 Å². The molecule has 0 radical (unpaired) electrons. The van der Waals surface area contributed by atoms with Crippen LogP contribution in [0.3, 0.4) is 0 Å². The first kappa shape index (κ1) is 23.5. The number of nitrogens with zero attached hydrogens (tertiary/aromatic N) is 2. The van der Waals surface area contributed by atoms with Crippen molar-refractivity contribution in [2.24, 2.45) is 0 Å². The number of methoxy groups -OCH3 is 1. The van der Waals surface area contributed by atoms with Gasteiger partial charge in [0.05, 0.1) is 18.7 Å². The number of ether oxygens (including phenoxy) is 1. The molecule has 1 aliphatic rings. The summed E-state index contributed by atoms with van der Waals surface area (Å²) in [5.74, 6) is -0.722. The Morgan fingerprint density at radius 2 is 1.65 bits per heavy atom. The molecule has 1 aliphatic heterocycles. The van der Waals surface area contributed by atoms with Crippen molar-refractivity contribution in [1.29, 1.82) is 0 Å². The van der Waals surface area contributed by atoms with Crippen molar-refractivity contribution in [2.45, 2.75) is 19.9 Å². The molecular formula is C28H30N2O4. The normalized spacial score (nSPS) is 17.6. The summed E-state index contributed by atoms with van der Waals surface area (Å²) < 4.78 is 5.29. The fourth-order valence-corrected chi connectivity index (χ4v) is 4.61. The average molecular weight is 459 g/mol. The minimum atomic E-state index is -0.680. The number of amides is 1. The summed E-state index contributed by atoms with van der Waals surface area (Å²) in [5, 5.41) is 13.2. The van der Waals surface area contributed by atoms with Gasteiger partial charge in [0.25, 0.3) is 11.7 Å². The summed E-state index contributed by atoms with van der Waals surface area (Å²) in [6, 6.07) is 19.9. The van der Waals surface area contributed by atoms with E-state index in [0.29, 0.717) is 24.4 Å². The van der Waals surface area contributed by atoms with Gasteiger partial charge in [-0.15, -0.1) is 0 Å². The Hall–Kier alpha value is -3.64. The van der Waals surface area contributed by atoms with Gasteiger partial charge in [0.15, 0.2) is 0 Å². The zero-order valence-electron chi connectivity index (χ0n) is 19.8. The summed E-state index contributed by atoms with van der Waals surface area (Å²) in [6.07, 6.45) is 0. The topological polar surface area (TPSA) is 70.1 Å². The molecule has 34 heavy (non-hydrogen) atoms. The maximum Gasteiger partial charge on any atom is 0.295 e. The third kappa shape index (κ3) is 4.29. The van der Waals surface area contributed by atoms with E-state index in [4.69, 9.17) is 4.74 Å². The first-order valence-electron chi connectivity index (χ1n) is 11.6. The van der Waals surface area contributed by atoms with E-state index in [-0.39, 0.29) is 11.3 Å². The van der Waals surface area contributed by atoms with Crippen LogP contribution in [-0.4, -0.2) is 59.9 Å². The molecule has 3 aromatic rings. The van der Waals surface area contributed by atoms with E-state index < -0.39 is 17.7 Å². The predicted octanol–water partition coefficient (Wildman–Crippen LogP) is 4.61. The highest BCUT2D eigenvalue weighted by atomic mass is 16.5. The van der Waals surface area contributed by atoms with E-state index in [2.05, 4.69) is 18.7 Å². The predicted molar refractivity (Wildman–Crippen MR) is 134 cm³/mol. The first-order chi connectivity index (χ1) is 16.5. The van der Waals surface area contributed by atoms with Crippen LogP contribution in [0, 0.1) is 0 Å². The Kier molecular flexibility index (Phi) is 6.98. The monoisotopic (exact) mass is 458 g/mol. The number of carbonyl (C=O) groups excluding carboxylic acids is 2. The van der Waals surface area contributed by atoms with E-state index in [1.807, 2.05) is 48.5 Å². The quantitative estimate of drug-likeness (QED) is 0.303. The van der Waals surface area contributed by atoms with E-state index in [1.165, 1.54) is 0 Å². The largest absolute Gasteiger partial charge is 0.507 e. The molecule has 0 saturated carbocycles. The number of aliphatic hydroxyl groups is 1. The van der Waals surface area contributed by atoms with Crippen LogP contribution in [0.25, 0.3) is 16.5 Å². The summed E-state index contributed by atoms with van der Waals surface area (Å²) in [6.45, 7) is 6.86. The Morgan fingerprint density at radius 3 is 2.32 bits per heavy atom. The fraction of sp³-hybridized carbons (Fsp3) is 0.286. The number of ketones is 1. The molecular weight excluding hydrogens is 428 g/mol. The molecule has 0 aromatic heterocycles. The molecule has 1 atom stereocenters. The van der Waals surface area contributed by atoms with Crippen LogP contribution >= 0.6 is 0 Å². The van der Waals surface area contributed by atoms with Gasteiger partial charge in [0, 0.05) is 18.7 Å². The molecule has 1 saturated heterocycles. The lowest BCUT2D eigenvalue weighted by Gasteiger charge is -2.28.